The van der Waals surface area contributed by atoms with E-state index in [4.69, 9.17) is 5.11 Å². The minimum atomic E-state index is 0.0891. The van der Waals surface area contributed by atoms with Gasteiger partial charge in [-0.15, -0.1) is 0 Å². The van der Waals surface area contributed by atoms with E-state index in [2.05, 4.69) is 10.2 Å². The van der Waals surface area contributed by atoms with Gasteiger partial charge in [0.05, 0.1) is 6.04 Å². The van der Waals surface area contributed by atoms with Crippen LogP contribution in [0.3, 0.4) is 0 Å². The summed E-state index contributed by atoms with van der Waals surface area (Å²) in [6, 6.07) is 0.0891. The molecule has 2 heterocycles. The minimum Gasteiger partial charge on any atom is -0.396 e. The van der Waals surface area contributed by atoms with Gasteiger partial charge in [0.2, 0.25) is 5.91 Å². The number of hydrogen-bond donors (Lipinski definition) is 2. The number of amides is 1. The van der Waals surface area contributed by atoms with Gasteiger partial charge in [-0.2, -0.15) is 0 Å². The topological polar surface area (TPSA) is 52.6 Å². The molecule has 2 N–H and O–H groups in total. The smallest absolute Gasteiger partial charge is 0.237 e. The predicted octanol–water partition coefficient (Wildman–Crippen LogP) is 0.359. The Morgan fingerprint density at radius 1 is 1.38 bits per heavy atom. The van der Waals surface area contributed by atoms with Crippen molar-refractivity contribution in [1.29, 1.82) is 0 Å². The number of nitrogens with one attached hydrogen (secondary N) is 1. The maximum Gasteiger partial charge on any atom is 0.237 e. The fourth-order valence-electron chi connectivity index (χ4n) is 2.84. The van der Waals surface area contributed by atoms with E-state index in [1.807, 2.05) is 0 Å². The largest absolute Gasteiger partial charge is 0.396 e. The van der Waals surface area contributed by atoms with Gasteiger partial charge < -0.3 is 10.4 Å². The Labute approximate surface area is 97.0 Å². The first kappa shape index (κ1) is 11.9. The van der Waals surface area contributed by atoms with Gasteiger partial charge in [-0.1, -0.05) is 0 Å². The molecule has 0 bridgehead atoms. The zero-order valence-corrected chi connectivity index (χ0v) is 9.82. The number of nitrogens with zero attached hydrogens (tertiary/aromatic N) is 1. The Morgan fingerprint density at radius 2 is 2.25 bits per heavy atom. The molecule has 16 heavy (non-hydrogen) atoms. The van der Waals surface area contributed by atoms with Gasteiger partial charge in [-0.3, -0.25) is 9.69 Å². The van der Waals surface area contributed by atoms with Crippen molar-refractivity contribution < 1.29 is 9.90 Å². The van der Waals surface area contributed by atoms with Crippen LogP contribution >= 0.6 is 0 Å². The third kappa shape index (κ3) is 2.74. The first-order valence-corrected chi connectivity index (χ1v) is 6.44. The summed E-state index contributed by atoms with van der Waals surface area (Å²) in [5, 5.41) is 11.9. The summed E-state index contributed by atoms with van der Waals surface area (Å²) >= 11 is 0. The van der Waals surface area contributed by atoms with Crippen LogP contribution in [0.2, 0.25) is 0 Å². The molecule has 2 atom stereocenters. The molecule has 0 radical (unpaired) electrons. The lowest BCUT2D eigenvalue weighted by molar-refractivity contribution is -0.125. The molecule has 0 saturated carbocycles. The SMILES string of the molecule is O=C1NCCCCC1N1CCC(CCO)C1. The standard InChI is InChI=1S/C12H22N2O2/c15-8-5-10-4-7-14(9-10)11-3-1-2-6-13-12(11)16/h10-11,15H,1-9H2,(H,13,16). The van der Waals surface area contributed by atoms with E-state index in [9.17, 15) is 4.79 Å². The Bertz CT molecular complexity index is 245. The van der Waals surface area contributed by atoms with E-state index < -0.39 is 0 Å². The maximum absolute atomic E-state index is 11.9. The molecule has 0 aromatic rings. The molecule has 0 aromatic heterocycles. The number of rotatable bonds is 3. The van der Waals surface area contributed by atoms with E-state index in [0.29, 0.717) is 5.92 Å². The summed E-state index contributed by atoms with van der Waals surface area (Å²) in [5.74, 6) is 0.795. The number of carbonyl (C=O) groups excluding carboxylic acids is 1. The Morgan fingerprint density at radius 3 is 3.06 bits per heavy atom. The van der Waals surface area contributed by atoms with Crippen LogP contribution < -0.4 is 5.32 Å². The number of hydrogen-bond acceptors (Lipinski definition) is 3. The molecule has 0 spiro atoms. The molecule has 0 aromatic carbocycles. The van der Waals surface area contributed by atoms with Crippen LogP contribution in [-0.4, -0.2) is 48.2 Å². The average molecular weight is 226 g/mol. The van der Waals surface area contributed by atoms with Crippen molar-refractivity contribution in [1.82, 2.24) is 10.2 Å². The van der Waals surface area contributed by atoms with E-state index in [1.165, 1.54) is 0 Å². The molecule has 4 nitrogen and oxygen atoms in total. The van der Waals surface area contributed by atoms with Crippen LogP contribution in [0.1, 0.15) is 32.1 Å². The molecule has 2 aliphatic heterocycles. The van der Waals surface area contributed by atoms with Crippen molar-refractivity contribution in [3.63, 3.8) is 0 Å². The number of carbonyl (C=O) groups is 1. The number of likely N-dealkylation sites (tertiary alicyclic amines) is 1. The minimum absolute atomic E-state index is 0.0891. The van der Waals surface area contributed by atoms with Gasteiger partial charge in [-0.25, -0.2) is 0 Å². The normalized spacial score (nSPS) is 32.4. The van der Waals surface area contributed by atoms with Crippen molar-refractivity contribution in [2.75, 3.05) is 26.2 Å². The van der Waals surface area contributed by atoms with Crippen molar-refractivity contribution in [2.45, 2.75) is 38.1 Å². The molecule has 0 aliphatic carbocycles. The molecule has 1 amide bonds. The predicted molar refractivity (Wildman–Crippen MR) is 62.0 cm³/mol. The van der Waals surface area contributed by atoms with Crippen molar-refractivity contribution in [3.05, 3.63) is 0 Å². The lowest BCUT2D eigenvalue weighted by Crippen LogP contribution is -2.44. The Balaban J connectivity index is 1.89. The van der Waals surface area contributed by atoms with Gasteiger partial charge in [-0.05, 0) is 44.6 Å². The third-order valence-electron chi connectivity index (χ3n) is 3.80. The first-order chi connectivity index (χ1) is 7.81. The van der Waals surface area contributed by atoms with Gasteiger partial charge in [0.1, 0.15) is 0 Å². The summed E-state index contributed by atoms with van der Waals surface area (Å²) in [5.41, 5.74) is 0. The first-order valence-electron chi connectivity index (χ1n) is 6.44. The van der Waals surface area contributed by atoms with Crippen LogP contribution in [0.4, 0.5) is 0 Å². The fourth-order valence-corrected chi connectivity index (χ4v) is 2.84. The second-order valence-corrected chi connectivity index (χ2v) is 4.96. The molecular formula is C12H22N2O2. The summed E-state index contributed by atoms with van der Waals surface area (Å²) in [7, 11) is 0. The second kappa shape index (κ2) is 5.64. The summed E-state index contributed by atoms with van der Waals surface area (Å²) < 4.78 is 0. The van der Waals surface area contributed by atoms with Crippen molar-refractivity contribution >= 4 is 5.91 Å². The quantitative estimate of drug-likeness (QED) is 0.730. The van der Waals surface area contributed by atoms with Crippen LogP contribution in [0, 0.1) is 5.92 Å². The maximum atomic E-state index is 11.9. The zero-order valence-electron chi connectivity index (χ0n) is 9.82. The zero-order chi connectivity index (χ0) is 11.4. The van der Waals surface area contributed by atoms with Crippen LogP contribution in [-0.2, 0) is 4.79 Å². The lowest BCUT2D eigenvalue weighted by atomic mass is 10.1. The molecule has 4 heteroatoms. The van der Waals surface area contributed by atoms with Gasteiger partial charge in [0.25, 0.3) is 0 Å². The summed E-state index contributed by atoms with van der Waals surface area (Å²) in [4.78, 5) is 14.2. The molecular weight excluding hydrogens is 204 g/mol. The molecule has 2 unspecified atom stereocenters. The van der Waals surface area contributed by atoms with Gasteiger partial charge in [0.15, 0.2) is 0 Å². The molecule has 92 valence electrons. The van der Waals surface area contributed by atoms with Crippen molar-refractivity contribution in [3.8, 4) is 0 Å². The molecule has 2 aliphatic rings. The van der Waals surface area contributed by atoms with E-state index >= 15 is 0 Å². The average Bonchev–Trinajstić information content (AvgIpc) is 2.61. The highest BCUT2D eigenvalue weighted by Gasteiger charge is 2.32. The monoisotopic (exact) mass is 226 g/mol. The highest BCUT2D eigenvalue weighted by molar-refractivity contribution is 5.81. The van der Waals surface area contributed by atoms with E-state index in [-0.39, 0.29) is 18.6 Å². The van der Waals surface area contributed by atoms with Crippen LogP contribution in [0.5, 0.6) is 0 Å². The second-order valence-electron chi connectivity index (χ2n) is 4.96. The van der Waals surface area contributed by atoms with Gasteiger partial charge in [0, 0.05) is 19.7 Å². The van der Waals surface area contributed by atoms with Crippen molar-refractivity contribution in [2.24, 2.45) is 5.92 Å². The highest BCUT2D eigenvalue weighted by atomic mass is 16.3. The summed E-state index contributed by atoms with van der Waals surface area (Å²) in [6.45, 7) is 3.11. The number of aliphatic hydroxyl groups excluding tert-OH is 1. The van der Waals surface area contributed by atoms with Crippen LogP contribution in [0.25, 0.3) is 0 Å². The number of aliphatic hydroxyl groups is 1. The van der Waals surface area contributed by atoms with E-state index in [1.54, 1.807) is 0 Å². The molecule has 2 rings (SSSR count). The third-order valence-corrected chi connectivity index (χ3v) is 3.80. The Kier molecular flexibility index (Phi) is 4.18. The highest BCUT2D eigenvalue weighted by Crippen LogP contribution is 2.24. The van der Waals surface area contributed by atoms with E-state index in [0.717, 1.165) is 51.7 Å². The Hall–Kier alpha value is -0.610. The molecule has 2 saturated heterocycles. The van der Waals surface area contributed by atoms with Crippen LogP contribution in [0.15, 0.2) is 0 Å². The summed E-state index contributed by atoms with van der Waals surface area (Å²) in [6.07, 6.45) is 5.26. The fraction of sp³-hybridized carbons (Fsp3) is 0.917. The molecule has 2 fully saturated rings. The lowest BCUT2D eigenvalue weighted by Gasteiger charge is -2.25. The van der Waals surface area contributed by atoms with Gasteiger partial charge >= 0.3 is 0 Å².